The van der Waals surface area contributed by atoms with E-state index in [1.807, 2.05) is 36.4 Å². The first-order valence-electron chi connectivity index (χ1n) is 9.24. The molecule has 1 aliphatic heterocycles. The Hall–Kier alpha value is -1.86. The molecule has 0 amide bonds. The molecule has 1 aliphatic rings. The van der Waals surface area contributed by atoms with Gasteiger partial charge >= 0.3 is 0 Å². The van der Waals surface area contributed by atoms with Crippen LogP contribution >= 0.6 is 23.4 Å². The second kappa shape index (κ2) is 9.09. The van der Waals surface area contributed by atoms with Crippen molar-refractivity contribution in [1.82, 2.24) is 14.9 Å². The van der Waals surface area contributed by atoms with Gasteiger partial charge in [0.25, 0.3) is 0 Å². The molecule has 0 radical (unpaired) electrons. The van der Waals surface area contributed by atoms with Crippen molar-refractivity contribution in [3.8, 4) is 5.75 Å². The van der Waals surface area contributed by atoms with Crippen LogP contribution < -0.4 is 4.74 Å². The summed E-state index contributed by atoms with van der Waals surface area (Å²) in [7, 11) is 1.68. The van der Waals surface area contributed by atoms with Gasteiger partial charge in [-0.1, -0.05) is 29.8 Å². The summed E-state index contributed by atoms with van der Waals surface area (Å²) in [5, 5.41) is 2.76. The number of rotatable bonds is 6. The fourth-order valence-electron chi connectivity index (χ4n) is 3.24. The molecule has 146 valence electrons. The Kier molecular flexibility index (Phi) is 6.32. The van der Waals surface area contributed by atoms with Crippen LogP contribution in [0.2, 0.25) is 5.02 Å². The van der Waals surface area contributed by atoms with Gasteiger partial charge in [-0.2, -0.15) is 0 Å². The maximum atomic E-state index is 6.18. The molecule has 0 bridgehead atoms. The van der Waals surface area contributed by atoms with E-state index < -0.39 is 0 Å². The van der Waals surface area contributed by atoms with Crippen LogP contribution in [0, 0.1) is 0 Å². The minimum atomic E-state index is 0.706. The van der Waals surface area contributed by atoms with Gasteiger partial charge in [-0.05, 0) is 24.3 Å². The smallest absolute Gasteiger partial charge is 0.144 e. The molecule has 2 heterocycles. The predicted octanol–water partition coefficient (Wildman–Crippen LogP) is 4.42. The Morgan fingerprint density at radius 3 is 2.79 bits per heavy atom. The fourth-order valence-corrected chi connectivity index (χ4v) is 4.45. The van der Waals surface area contributed by atoms with Crippen LogP contribution in [0.4, 0.5) is 0 Å². The van der Waals surface area contributed by atoms with Crippen molar-refractivity contribution in [3.05, 3.63) is 58.9 Å². The summed E-state index contributed by atoms with van der Waals surface area (Å²) < 4.78 is 10.9. The SMILES string of the molecule is COc1ccc(Cl)cc1CSc1nc(CN2CCOCC2)nc2ccccc12. The number of hydrogen-bond donors (Lipinski definition) is 0. The molecule has 0 spiro atoms. The van der Waals surface area contributed by atoms with Crippen LogP contribution in [0.1, 0.15) is 11.4 Å². The van der Waals surface area contributed by atoms with Crippen LogP contribution in [0.5, 0.6) is 5.75 Å². The lowest BCUT2D eigenvalue weighted by Gasteiger charge is -2.25. The Morgan fingerprint density at radius 1 is 1.14 bits per heavy atom. The maximum Gasteiger partial charge on any atom is 0.144 e. The Morgan fingerprint density at radius 2 is 1.96 bits per heavy atom. The average Bonchev–Trinajstić information content (AvgIpc) is 2.73. The lowest BCUT2D eigenvalue weighted by Crippen LogP contribution is -2.36. The van der Waals surface area contributed by atoms with Crippen molar-refractivity contribution in [3.63, 3.8) is 0 Å². The van der Waals surface area contributed by atoms with E-state index in [4.69, 9.17) is 31.0 Å². The summed E-state index contributed by atoms with van der Waals surface area (Å²) >= 11 is 7.86. The zero-order valence-electron chi connectivity index (χ0n) is 15.7. The normalized spacial score (nSPS) is 15.1. The van der Waals surface area contributed by atoms with Crippen molar-refractivity contribution >= 4 is 34.3 Å². The predicted molar refractivity (Wildman–Crippen MR) is 113 cm³/mol. The van der Waals surface area contributed by atoms with Crippen LogP contribution in [-0.2, 0) is 17.0 Å². The average molecular weight is 416 g/mol. The van der Waals surface area contributed by atoms with Gasteiger partial charge in [0.1, 0.15) is 16.6 Å². The molecule has 0 aliphatic carbocycles. The number of ether oxygens (including phenoxy) is 2. The third kappa shape index (κ3) is 4.58. The van der Waals surface area contributed by atoms with Crippen LogP contribution in [0.25, 0.3) is 10.9 Å². The summed E-state index contributed by atoms with van der Waals surface area (Å²) in [6.07, 6.45) is 0. The van der Waals surface area contributed by atoms with Crippen LogP contribution in [0.15, 0.2) is 47.5 Å². The third-order valence-electron chi connectivity index (χ3n) is 4.69. The molecule has 0 saturated carbocycles. The summed E-state index contributed by atoms with van der Waals surface area (Å²) in [6.45, 7) is 4.10. The summed E-state index contributed by atoms with van der Waals surface area (Å²) in [4.78, 5) is 12.0. The molecule has 2 aromatic carbocycles. The molecule has 28 heavy (non-hydrogen) atoms. The highest BCUT2D eigenvalue weighted by Crippen LogP contribution is 2.32. The lowest BCUT2D eigenvalue weighted by molar-refractivity contribution is 0.0330. The molecule has 0 unspecified atom stereocenters. The molecule has 3 aromatic rings. The molecule has 1 aromatic heterocycles. The number of fused-ring (bicyclic) bond motifs is 1. The number of morpholine rings is 1. The molecule has 5 nitrogen and oxygen atoms in total. The number of aromatic nitrogens is 2. The van der Waals surface area contributed by atoms with Gasteiger partial charge in [0.05, 0.1) is 32.4 Å². The highest BCUT2D eigenvalue weighted by atomic mass is 35.5. The van der Waals surface area contributed by atoms with Gasteiger partial charge in [-0.3, -0.25) is 4.90 Å². The van der Waals surface area contributed by atoms with Crippen molar-refractivity contribution in [1.29, 1.82) is 0 Å². The van der Waals surface area contributed by atoms with Gasteiger partial charge in [0.15, 0.2) is 0 Å². The van der Waals surface area contributed by atoms with E-state index >= 15 is 0 Å². The number of methoxy groups -OCH3 is 1. The van der Waals surface area contributed by atoms with Crippen molar-refractivity contribution < 1.29 is 9.47 Å². The summed E-state index contributed by atoms with van der Waals surface area (Å²) in [5.74, 6) is 2.41. The first-order chi connectivity index (χ1) is 13.7. The molecule has 4 rings (SSSR count). The molecule has 1 fully saturated rings. The fraction of sp³-hybridized carbons (Fsp3) is 0.333. The summed E-state index contributed by atoms with van der Waals surface area (Å²) in [6, 6.07) is 13.9. The van der Waals surface area contributed by atoms with Gasteiger partial charge in [0, 0.05) is 34.8 Å². The zero-order chi connectivity index (χ0) is 19.3. The number of benzene rings is 2. The Labute approximate surface area is 174 Å². The Bertz CT molecular complexity index is 964. The first-order valence-corrected chi connectivity index (χ1v) is 10.6. The van der Waals surface area contributed by atoms with E-state index in [0.717, 1.165) is 71.7 Å². The second-order valence-corrected chi connectivity index (χ2v) is 8.00. The Balaban J connectivity index is 1.61. The van der Waals surface area contributed by atoms with E-state index in [1.165, 1.54) is 0 Å². The van der Waals surface area contributed by atoms with Crippen LogP contribution in [-0.4, -0.2) is 48.3 Å². The maximum absolute atomic E-state index is 6.18. The number of thioether (sulfide) groups is 1. The first kappa shape index (κ1) is 19.5. The molecule has 0 N–H and O–H groups in total. The monoisotopic (exact) mass is 415 g/mol. The van der Waals surface area contributed by atoms with Gasteiger partial charge in [-0.15, -0.1) is 11.8 Å². The van der Waals surface area contributed by atoms with E-state index in [1.54, 1.807) is 18.9 Å². The van der Waals surface area contributed by atoms with Gasteiger partial charge in [0.2, 0.25) is 0 Å². The molecule has 7 heteroatoms. The number of hydrogen-bond acceptors (Lipinski definition) is 6. The minimum Gasteiger partial charge on any atom is -0.496 e. The molecular weight excluding hydrogens is 394 g/mol. The standard InChI is InChI=1S/C21H22ClN3O2S/c1-26-19-7-6-16(22)12-15(19)14-28-21-17-4-2-3-5-18(17)23-20(24-21)13-25-8-10-27-11-9-25/h2-7,12H,8-11,13-14H2,1H3. The second-order valence-electron chi connectivity index (χ2n) is 6.60. The molecule has 0 atom stereocenters. The quantitative estimate of drug-likeness (QED) is 0.439. The van der Waals surface area contributed by atoms with Crippen molar-refractivity contribution in [2.45, 2.75) is 17.3 Å². The van der Waals surface area contributed by atoms with E-state index in [-0.39, 0.29) is 0 Å². The highest BCUT2D eigenvalue weighted by Gasteiger charge is 2.15. The summed E-state index contributed by atoms with van der Waals surface area (Å²) in [5.41, 5.74) is 2.03. The van der Waals surface area contributed by atoms with Gasteiger partial charge < -0.3 is 9.47 Å². The van der Waals surface area contributed by atoms with Crippen LogP contribution in [0.3, 0.4) is 0 Å². The van der Waals surface area contributed by atoms with E-state index in [0.29, 0.717) is 5.02 Å². The van der Waals surface area contributed by atoms with E-state index in [9.17, 15) is 0 Å². The van der Waals surface area contributed by atoms with E-state index in [2.05, 4.69) is 11.0 Å². The lowest BCUT2D eigenvalue weighted by atomic mass is 10.2. The number of para-hydroxylation sites is 1. The van der Waals surface area contributed by atoms with Crippen molar-refractivity contribution in [2.75, 3.05) is 33.4 Å². The largest absolute Gasteiger partial charge is 0.496 e. The third-order valence-corrected chi connectivity index (χ3v) is 5.97. The number of halogens is 1. The topological polar surface area (TPSA) is 47.5 Å². The molecule has 1 saturated heterocycles. The van der Waals surface area contributed by atoms with Gasteiger partial charge in [-0.25, -0.2) is 9.97 Å². The minimum absolute atomic E-state index is 0.706. The van der Waals surface area contributed by atoms with Crippen molar-refractivity contribution in [2.24, 2.45) is 0 Å². The molecular formula is C21H22ClN3O2S. The zero-order valence-corrected chi connectivity index (χ0v) is 17.3. The number of nitrogens with zero attached hydrogens (tertiary/aromatic N) is 3. The highest BCUT2D eigenvalue weighted by molar-refractivity contribution is 7.98.